The third-order valence-corrected chi connectivity index (χ3v) is 5.94. The van der Waals surface area contributed by atoms with Crippen molar-refractivity contribution in [3.05, 3.63) is 99.3 Å². The Hall–Kier alpha value is -4.06. The first kappa shape index (κ1) is 23.1. The maximum Gasteiger partial charge on any atom is 0.200 e. The molecule has 0 saturated carbocycles. The Morgan fingerprint density at radius 2 is 1.56 bits per heavy atom. The van der Waals surface area contributed by atoms with Gasteiger partial charge in [-0.3, -0.25) is 9.59 Å². The van der Waals surface area contributed by atoms with Crippen LogP contribution in [0, 0.1) is 0 Å². The van der Waals surface area contributed by atoms with E-state index in [1.165, 1.54) is 7.11 Å². The molecule has 3 aromatic carbocycles. The predicted octanol–water partition coefficient (Wildman–Crippen LogP) is 4.87. The van der Waals surface area contributed by atoms with Crippen molar-refractivity contribution in [3.8, 4) is 17.2 Å². The van der Waals surface area contributed by atoms with Gasteiger partial charge in [0.1, 0.15) is 5.75 Å². The van der Waals surface area contributed by atoms with Gasteiger partial charge in [-0.2, -0.15) is 0 Å². The summed E-state index contributed by atoms with van der Waals surface area (Å²) in [5.74, 6) is 1.35. The van der Waals surface area contributed by atoms with E-state index in [4.69, 9.17) is 14.2 Å². The van der Waals surface area contributed by atoms with Gasteiger partial charge in [0.15, 0.2) is 17.3 Å². The number of benzene rings is 3. The van der Waals surface area contributed by atoms with E-state index in [0.29, 0.717) is 34.5 Å². The molecule has 0 saturated heterocycles. The molecular weight excluding hydrogens is 430 g/mol. The molecule has 0 bridgehead atoms. The molecule has 34 heavy (non-hydrogen) atoms. The first-order valence-electron chi connectivity index (χ1n) is 11.0. The predicted molar refractivity (Wildman–Crippen MR) is 133 cm³/mol. The fraction of sp³-hybridized carbons (Fsp3) is 0.214. The van der Waals surface area contributed by atoms with Crippen molar-refractivity contribution >= 4 is 16.7 Å². The van der Waals surface area contributed by atoms with Gasteiger partial charge < -0.3 is 18.8 Å². The number of pyridine rings is 1. The smallest absolute Gasteiger partial charge is 0.200 e. The number of carbonyl (C=O) groups excluding carboxylic acids is 1. The van der Waals surface area contributed by atoms with Crippen molar-refractivity contribution in [2.24, 2.45) is 0 Å². The molecule has 0 aliphatic carbocycles. The molecule has 0 spiro atoms. The van der Waals surface area contributed by atoms with Crippen molar-refractivity contribution < 1.29 is 19.0 Å². The molecular formula is C28H27NO5. The van der Waals surface area contributed by atoms with Crippen LogP contribution in [0.3, 0.4) is 0 Å². The number of aryl methyl sites for hydroxylation is 1. The lowest BCUT2D eigenvalue weighted by Gasteiger charge is -2.16. The number of ether oxygens (including phenoxy) is 3. The SMILES string of the molecule is CCc1ccc(C(=O)c2cn(Cc3cccc(OC)c3)c3cc(OC)c(OC)cc3c2=O)cc1. The molecule has 174 valence electrons. The zero-order valence-electron chi connectivity index (χ0n) is 19.8. The lowest BCUT2D eigenvalue weighted by atomic mass is 10.00. The van der Waals surface area contributed by atoms with E-state index in [1.807, 2.05) is 41.0 Å². The van der Waals surface area contributed by atoms with Crippen LogP contribution in [0.1, 0.15) is 34.0 Å². The summed E-state index contributed by atoms with van der Waals surface area (Å²) >= 11 is 0. The van der Waals surface area contributed by atoms with E-state index in [1.54, 1.807) is 44.7 Å². The molecule has 0 unspecified atom stereocenters. The molecule has 0 aliphatic heterocycles. The van der Waals surface area contributed by atoms with Gasteiger partial charge in [0.25, 0.3) is 0 Å². The topological polar surface area (TPSA) is 66.8 Å². The lowest BCUT2D eigenvalue weighted by Crippen LogP contribution is -2.20. The van der Waals surface area contributed by atoms with Crippen LogP contribution in [-0.2, 0) is 13.0 Å². The second-order valence-corrected chi connectivity index (χ2v) is 7.96. The summed E-state index contributed by atoms with van der Waals surface area (Å²) in [6, 6.07) is 18.4. The molecule has 0 amide bonds. The first-order valence-corrected chi connectivity index (χ1v) is 11.0. The summed E-state index contributed by atoms with van der Waals surface area (Å²) < 4.78 is 18.1. The molecule has 0 atom stereocenters. The Labute approximate surface area is 198 Å². The summed E-state index contributed by atoms with van der Waals surface area (Å²) in [5, 5.41) is 0.386. The van der Waals surface area contributed by atoms with Gasteiger partial charge in [-0.15, -0.1) is 0 Å². The summed E-state index contributed by atoms with van der Waals surface area (Å²) in [6.07, 6.45) is 2.51. The molecule has 1 aromatic heterocycles. The number of nitrogens with zero attached hydrogens (tertiary/aromatic N) is 1. The van der Waals surface area contributed by atoms with Crippen LogP contribution in [0.15, 0.2) is 71.7 Å². The molecule has 0 radical (unpaired) electrons. The summed E-state index contributed by atoms with van der Waals surface area (Å²) in [7, 11) is 4.68. The van der Waals surface area contributed by atoms with Crippen molar-refractivity contribution in [1.82, 2.24) is 4.57 Å². The normalized spacial score (nSPS) is 10.8. The van der Waals surface area contributed by atoms with Crippen LogP contribution < -0.4 is 19.6 Å². The number of hydrogen-bond donors (Lipinski definition) is 0. The number of methoxy groups -OCH3 is 3. The lowest BCUT2D eigenvalue weighted by molar-refractivity contribution is 0.103. The first-order chi connectivity index (χ1) is 16.5. The van der Waals surface area contributed by atoms with Crippen LogP contribution in [0.25, 0.3) is 10.9 Å². The fourth-order valence-electron chi connectivity index (χ4n) is 4.02. The second-order valence-electron chi connectivity index (χ2n) is 7.96. The fourth-order valence-corrected chi connectivity index (χ4v) is 4.02. The van der Waals surface area contributed by atoms with Crippen molar-refractivity contribution in [1.29, 1.82) is 0 Å². The van der Waals surface area contributed by atoms with Crippen LogP contribution in [-0.4, -0.2) is 31.7 Å². The number of carbonyl (C=O) groups is 1. The molecule has 0 fully saturated rings. The number of fused-ring (bicyclic) bond motifs is 1. The largest absolute Gasteiger partial charge is 0.497 e. The van der Waals surface area contributed by atoms with Crippen LogP contribution in [0.2, 0.25) is 0 Å². The van der Waals surface area contributed by atoms with Gasteiger partial charge in [-0.05, 0) is 35.7 Å². The van der Waals surface area contributed by atoms with Gasteiger partial charge in [0.05, 0.1) is 37.8 Å². The quantitative estimate of drug-likeness (QED) is 0.353. The Morgan fingerprint density at radius 1 is 0.853 bits per heavy atom. The van der Waals surface area contributed by atoms with Crippen LogP contribution in [0.5, 0.6) is 17.2 Å². The molecule has 4 rings (SSSR count). The number of hydrogen-bond acceptors (Lipinski definition) is 5. The van der Waals surface area contributed by atoms with E-state index in [0.717, 1.165) is 23.3 Å². The van der Waals surface area contributed by atoms with Crippen molar-refractivity contribution in [3.63, 3.8) is 0 Å². The molecule has 0 N–H and O–H groups in total. The third kappa shape index (κ3) is 4.39. The Balaban J connectivity index is 1.92. The van der Waals surface area contributed by atoms with Gasteiger partial charge in [-0.25, -0.2) is 0 Å². The summed E-state index contributed by atoms with van der Waals surface area (Å²) in [4.78, 5) is 26.9. The van der Waals surface area contributed by atoms with Crippen LogP contribution in [0.4, 0.5) is 0 Å². The second kappa shape index (κ2) is 9.83. The van der Waals surface area contributed by atoms with Gasteiger partial charge in [-0.1, -0.05) is 43.3 Å². The van der Waals surface area contributed by atoms with Gasteiger partial charge >= 0.3 is 0 Å². The summed E-state index contributed by atoms with van der Waals surface area (Å²) in [5.41, 5.74) is 2.96. The highest BCUT2D eigenvalue weighted by atomic mass is 16.5. The number of aromatic nitrogens is 1. The van der Waals surface area contributed by atoms with Crippen LogP contribution >= 0.6 is 0 Å². The average Bonchev–Trinajstić information content (AvgIpc) is 2.89. The van der Waals surface area contributed by atoms with Crippen molar-refractivity contribution in [2.45, 2.75) is 19.9 Å². The Kier molecular flexibility index (Phi) is 6.68. The summed E-state index contributed by atoms with van der Waals surface area (Å²) in [6.45, 7) is 2.48. The van der Waals surface area contributed by atoms with Gasteiger partial charge in [0, 0.05) is 24.4 Å². The zero-order valence-corrected chi connectivity index (χ0v) is 19.8. The standard InChI is InChI=1S/C28H27NO5/c1-5-18-9-11-20(12-10-18)27(30)23-17-29(16-19-7-6-8-21(13-19)32-2)24-15-26(34-4)25(33-3)14-22(24)28(23)31/h6-15,17H,5,16H2,1-4H3. The van der Waals surface area contributed by atoms with Crippen molar-refractivity contribution in [2.75, 3.05) is 21.3 Å². The molecule has 1 heterocycles. The maximum absolute atomic E-state index is 13.5. The zero-order chi connectivity index (χ0) is 24.2. The highest BCUT2D eigenvalue weighted by Gasteiger charge is 2.20. The van der Waals surface area contributed by atoms with E-state index < -0.39 is 0 Å². The minimum Gasteiger partial charge on any atom is -0.497 e. The van der Waals surface area contributed by atoms with E-state index in [9.17, 15) is 9.59 Å². The monoisotopic (exact) mass is 457 g/mol. The maximum atomic E-state index is 13.5. The molecule has 6 heteroatoms. The number of ketones is 1. The molecule has 0 aliphatic rings. The Morgan fingerprint density at radius 3 is 2.21 bits per heavy atom. The minimum absolute atomic E-state index is 0.104. The van der Waals surface area contributed by atoms with E-state index in [-0.39, 0.29) is 16.8 Å². The number of rotatable bonds is 8. The highest BCUT2D eigenvalue weighted by molar-refractivity contribution is 6.10. The third-order valence-electron chi connectivity index (χ3n) is 5.94. The highest BCUT2D eigenvalue weighted by Crippen LogP contribution is 2.32. The van der Waals surface area contributed by atoms with E-state index in [2.05, 4.69) is 6.92 Å². The molecule has 6 nitrogen and oxygen atoms in total. The molecule has 4 aromatic rings. The average molecular weight is 458 g/mol. The van der Waals surface area contributed by atoms with E-state index >= 15 is 0 Å². The van der Waals surface area contributed by atoms with Gasteiger partial charge in [0.2, 0.25) is 5.43 Å². The Bertz CT molecular complexity index is 1400. The minimum atomic E-state index is -0.345.